The summed E-state index contributed by atoms with van der Waals surface area (Å²) in [6.45, 7) is 0. The fraction of sp³-hybridized carbons (Fsp3) is 0.222. The maximum Gasteiger partial charge on any atom is 0.180 e. The van der Waals surface area contributed by atoms with E-state index in [0.717, 1.165) is 28.5 Å². The number of hydrogen-bond acceptors (Lipinski definition) is 5. The van der Waals surface area contributed by atoms with E-state index in [-0.39, 0.29) is 0 Å². The zero-order valence-electron chi connectivity index (χ0n) is 7.61. The molecule has 0 fully saturated rings. The lowest BCUT2D eigenvalue weighted by Gasteiger charge is -2.02. The average molecular weight is 256 g/mol. The van der Waals surface area contributed by atoms with Crippen LogP contribution in [0.2, 0.25) is 5.15 Å². The molecule has 0 spiro atoms. The number of aromatic nitrogens is 3. The van der Waals surface area contributed by atoms with Gasteiger partial charge in [0.15, 0.2) is 5.82 Å². The molecule has 3 nitrogen and oxygen atoms in total. The number of halogens is 1. The summed E-state index contributed by atoms with van der Waals surface area (Å²) in [6.07, 6.45) is 0. The summed E-state index contributed by atoms with van der Waals surface area (Å²) < 4.78 is 0. The van der Waals surface area contributed by atoms with Gasteiger partial charge in [-0.2, -0.15) is 11.8 Å². The molecule has 0 aliphatic carbocycles. The van der Waals surface area contributed by atoms with Crippen molar-refractivity contribution < 1.29 is 0 Å². The normalized spacial score (nSPS) is 14.2. The molecule has 0 unspecified atom stereocenters. The Bertz CT molecular complexity index is 498. The lowest BCUT2D eigenvalue weighted by molar-refractivity contribution is 1.06. The van der Waals surface area contributed by atoms with Crippen molar-refractivity contribution >= 4 is 34.7 Å². The Hall–Kier alpha value is -0.650. The summed E-state index contributed by atoms with van der Waals surface area (Å²) in [4.78, 5) is 12.9. The Labute approximate surface area is 99.9 Å². The van der Waals surface area contributed by atoms with E-state index in [4.69, 9.17) is 11.6 Å². The van der Waals surface area contributed by atoms with Crippen LogP contribution >= 0.6 is 34.7 Å². The molecule has 1 aliphatic heterocycles. The van der Waals surface area contributed by atoms with Gasteiger partial charge in [0.25, 0.3) is 0 Å². The minimum atomic E-state index is 0.577. The zero-order chi connectivity index (χ0) is 10.3. The molecule has 76 valence electrons. The smallest absolute Gasteiger partial charge is 0.180 e. The predicted octanol–water partition coefficient (Wildman–Crippen LogP) is 3.00. The summed E-state index contributed by atoms with van der Waals surface area (Å²) in [5, 5.41) is 2.51. The Kier molecular flexibility index (Phi) is 2.38. The summed E-state index contributed by atoms with van der Waals surface area (Å²) in [5.74, 6) is 2.49. The minimum absolute atomic E-state index is 0.577. The van der Waals surface area contributed by atoms with Crippen LogP contribution in [0.3, 0.4) is 0 Å². The first-order valence-corrected chi connectivity index (χ1v) is 6.84. The van der Waals surface area contributed by atoms with Gasteiger partial charge in [0.2, 0.25) is 0 Å². The summed E-state index contributed by atoms with van der Waals surface area (Å²) in [6, 6.07) is 0. The van der Waals surface area contributed by atoms with Crippen LogP contribution < -0.4 is 0 Å². The molecule has 3 rings (SSSR count). The molecule has 1 aliphatic rings. The summed E-state index contributed by atoms with van der Waals surface area (Å²) >= 11 is 9.46. The van der Waals surface area contributed by atoms with Crippen LogP contribution in [-0.2, 0) is 11.5 Å². The van der Waals surface area contributed by atoms with Crippen molar-refractivity contribution in [1.29, 1.82) is 0 Å². The van der Waals surface area contributed by atoms with E-state index in [1.165, 1.54) is 11.3 Å². The molecule has 0 amide bonds. The van der Waals surface area contributed by atoms with Crippen molar-refractivity contribution in [2.24, 2.45) is 0 Å². The Morgan fingerprint density at radius 2 is 2.20 bits per heavy atom. The van der Waals surface area contributed by atoms with Gasteiger partial charge in [-0.15, -0.1) is 11.3 Å². The van der Waals surface area contributed by atoms with Gasteiger partial charge in [0, 0.05) is 22.4 Å². The lowest BCUT2D eigenvalue weighted by Crippen LogP contribution is -1.97. The van der Waals surface area contributed by atoms with Crippen LogP contribution in [0.15, 0.2) is 10.9 Å². The molecule has 15 heavy (non-hydrogen) atoms. The van der Waals surface area contributed by atoms with Gasteiger partial charge in [-0.3, -0.25) is 0 Å². The number of hydrogen-bond donors (Lipinski definition) is 0. The number of nitrogens with zero attached hydrogens (tertiary/aromatic N) is 3. The zero-order valence-corrected chi connectivity index (χ0v) is 9.99. The summed E-state index contributed by atoms with van der Waals surface area (Å²) in [7, 11) is 0. The van der Waals surface area contributed by atoms with E-state index >= 15 is 0 Å². The number of rotatable bonds is 1. The highest BCUT2D eigenvalue weighted by molar-refractivity contribution is 7.98. The van der Waals surface area contributed by atoms with Crippen LogP contribution in [0.1, 0.15) is 11.3 Å². The van der Waals surface area contributed by atoms with Gasteiger partial charge >= 0.3 is 0 Å². The van der Waals surface area contributed by atoms with Gasteiger partial charge in [-0.05, 0) is 0 Å². The molecule has 0 aromatic carbocycles. The van der Waals surface area contributed by atoms with Gasteiger partial charge < -0.3 is 0 Å². The third kappa shape index (κ3) is 1.64. The fourth-order valence-electron chi connectivity index (χ4n) is 1.45. The average Bonchev–Trinajstić information content (AvgIpc) is 2.88. The second-order valence-electron chi connectivity index (χ2n) is 3.13. The first kappa shape index (κ1) is 9.57. The van der Waals surface area contributed by atoms with E-state index in [9.17, 15) is 0 Å². The van der Waals surface area contributed by atoms with Crippen molar-refractivity contribution in [2.45, 2.75) is 11.5 Å². The van der Waals surface area contributed by atoms with Crippen LogP contribution in [0.25, 0.3) is 11.5 Å². The SMILES string of the molecule is Clc1nc(-c2cscn2)nc2c1CSC2. The number of fused-ring (bicyclic) bond motifs is 1. The standard InChI is InChI=1S/C9H6ClN3S2/c10-8-5-1-14-2-6(5)12-9(13-8)7-3-15-4-11-7/h3-4H,1-2H2. The quantitative estimate of drug-likeness (QED) is 0.735. The van der Waals surface area contributed by atoms with E-state index in [2.05, 4.69) is 15.0 Å². The van der Waals surface area contributed by atoms with Gasteiger partial charge in [0.05, 0.1) is 11.2 Å². The van der Waals surface area contributed by atoms with E-state index < -0.39 is 0 Å². The Morgan fingerprint density at radius 1 is 1.27 bits per heavy atom. The monoisotopic (exact) mass is 255 g/mol. The number of thioether (sulfide) groups is 1. The second-order valence-corrected chi connectivity index (χ2v) is 5.19. The molecule has 0 saturated heterocycles. The molecule has 6 heteroatoms. The molecule has 0 N–H and O–H groups in total. The Morgan fingerprint density at radius 3 is 3.00 bits per heavy atom. The van der Waals surface area contributed by atoms with Gasteiger partial charge in [-0.25, -0.2) is 15.0 Å². The maximum atomic E-state index is 6.10. The lowest BCUT2D eigenvalue weighted by atomic mass is 10.2. The van der Waals surface area contributed by atoms with Crippen molar-refractivity contribution in [3.63, 3.8) is 0 Å². The molecule has 3 heterocycles. The molecular weight excluding hydrogens is 250 g/mol. The first-order chi connectivity index (χ1) is 7.34. The number of thiazole rings is 1. The van der Waals surface area contributed by atoms with Crippen LogP contribution in [0, 0.1) is 0 Å². The molecule has 0 saturated carbocycles. The first-order valence-electron chi connectivity index (χ1n) is 4.36. The highest BCUT2D eigenvalue weighted by atomic mass is 35.5. The van der Waals surface area contributed by atoms with E-state index in [0.29, 0.717) is 11.0 Å². The van der Waals surface area contributed by atoms with Crippen LogP contribution in [-0.4, -0.2) is 15.0 Å². The summed E-state index contributed by atoms with van der Waals surface area (Å²) in [5.41, 5.74) is 4.72. The topological polar surface area (TPSA) is 38.7 Å². The largest absolute Gasteiger partial charge is 0.241 e. The molecular formula is C9H6ClN3S2. The highest BCUT2D eigenvalue weighted by Crippen LogP contribution is 2.33. The van der Waals surface area contributed by atoms with Crippen LogP contribution in [0.4, 0.5) is 0 Å². The molecule has 0 radical (unpaired) electrons. The van der Waals surface area contributed by atoms with Crippen LogP contribution in [0.5, 0.6) is 0 Å². The van der Waals surface area contributed by atoms with Crippen molar-refractivity contribution in [3.05, 3.63) is 27.3 Å². The molecule has 2 aromatic rings. The second kappa shape index (κ2) is 3.73. The fourth-order valence-corrected chi connectivity index (χ4v) is 3.36. The molecule has 2 aromatic heterocycles. The molecule has 0 atom stereocenters. The van der Waals surface area contributed by atoms with Crippen molar-refractivity contribution in [3.8, 4) is 11.5 Å². The third-order valence-electron chi connectivity index (χ3n) is 2.19. The highest BCUT2D eigenvalue weighted by Gasteiger charge is 2.19. The minimum Gasteiger partial charge on any atom is -0.241 e. The van der Waals surface area contributed by atoms with Crippen molar-refractivity contribution in [2.75, 3.05) is 0 Å². The van der Waals surface area contributed by atoms with Crippen molar-refractivity contribution in [1.82, 2.24) is 15.0 Å². The maximum absolute atomic E-state index is 6.10. The Balaban J connectivity index is 2.15. The predicted molar refractivity (Wildman–Crippen MR) is 63.1 cm³/mol. The molecule has 0 bridgehead atoms. The van der Waals surface area contributed by atoms with E-state index in [1.807, 2.05) is 17.1 Å². The van der Waals surface area contributed by atoms with E-state index in [1.54, 1.807) is 5.51 Å². The third-order valence-corrected chi connectivity index (χ3v) is 4.06. The van der Waals surface area contributed by atoms with Gasteiger partial charge in [0.1, 0.15) is 10.8 Å². The van der Waals surface area contributed by atoms with Gasteiger partial charge in [-0.1, -0.05) is 11.6 Å².